The molecule has 0 radical (unpaired) electrons. The number of carbonyl (C=O) groups is 1. The Hall–Kier alpha value is -2.72. The van der Waals surface area contributed by atoms with Crippen LogP contribution in [0, 0.1) is 0 Å². The highest BCUT2D eigenvalue weighted by atomic mass is 19.4. The van der Waals surface area contributed by atoms with Gasteiger partial charge in [0.2, 0.25) is 0 Å². The van der Waals surface area contributed by atoms with Gasteiger partial charge in [-0.25, -0.2) is 9.78 Å². The lowest BCUT2D eigenvalue weighted by Gasteiger charge is -2.36. The zero-order chi connectivity index (χ0) is 22.1. The van der Waals surface area contributed by atoms with Crippen LogP contribution in [0.25, 0.3) is 0 Å². The van der Waals surface area contributed by atoms with Crippen LogP contribution in [0.1, 0.15) is 37.1 Å². The van der Waals surface area contributed by atoms with Gasteiger partial charge < -0.3 is 10.2 Å². The molecule has 1 fully saturated rings. The fourth-order valence-corrected chi connectivity index (χ4v) is 3.55. The molecule has 0 saturated heterocycles. The van der Waals surface area contributed by atoms with Crippen LogP contribution < -0.4 is 10.2 Å². The number of nitrogens with zero attached hydrogens (tertiary/aromatic N) is 3. The second-order valence-corrected chi connectivity index (χ2v) is 7.25. The van der Waals surface area contributed by atoms with Crippen molar-refractivity contribution < 1.29 is 31.1 Å². The lowest BCUT2D eigenvalue weighted by atomic mass is 9.90. The van der Waals surface area contributed by atoms with E-state index in [4.69, 9.17) is 0 Å². The summed E-state index contributed by atoms with van der Waals surface area (Å²) in [5.74, 6) is 0. The van der Waals surface area contributed by atoms with Gasteiger partial charge in [0.05, 0.1) is 0 Å². The van der Waals surface area contributed by atoms with E-state index < -0.39 is 23.7 Å². The maximum atomic E-state index is 13.0. The number of halogens is 6. The molecule has 1 amide bonds. The van der Waals surface area contributed by atoms with E-state index in [0.29, 0.717) is 37.8 Å². The molecule has 11 heteroatoms. The van der Waals surface area contributed by atoms with Gasteiger partial charge in [0.1, 0.15) is 11.4 Å². The molecule has 1 N–H and O–H groups in total. The van der Waals surface area contributed by atoms with Crippen molar-refractivity contribution in [2.45, 2.75) is 50.1 Å². The lowest BCUT2D eigenvalue weighted by Crippen LogP contribution is -2.44. The van der Waals surface area contributed by atoms with Crippen LogP contribution >= 0.6 is 0 Å². The highest BCUT2D eigenvalue weighted by Gasteiger charge is 2.39. The molecule has 0 bridgehead atoms. The third-order valence-electron chi connectivity index (χ3n) is 5.21. The molecule has 2 aromatic heterocycles. The number of carbonyl (C=O) groups excluding carboxylic acids is 1. The van der Waals surface area contributed by atoms with Crippen molar-refractivity contribution in [3.63, 3.8) is 0 Å². The average molecular weight is 434 g/mol. The van der Waals surface area contributed by atoms with Gasteiger partial charge in [-0.2, -0.15) is 26.3 Å². The van der Waals surface area contributed by atoms with Crippen molar-refractivity contribution in [2.75, 3.05) is 11.9 Å². The summed E-state index contributed by atoms with van der Waals surface area (Å²) in [6.07, 6.45) is -4.62. The van der Waals surface area contributed by atoms with E-state index >= 15 is 0 Å². The van der Waals surface area contributed by atoms with Gasteiger partial charge in [0.25, 0.3) is 0 Å². The summed E-state index contributed by atoms with van der Waals surface area (Å²) in [5, 5.41) is 2.88. The summed E-state index contributed by atoms with van der Waals surface area (Å²) in [7, 11) is 1.47. The van der Waals surface area contributed by atoms with Crippen molar-refractivity contribution in [2.24, 2.45) is 0 Å². The number of alkyl halides is 6. The van der Waals surface area contributed by atoms with Gasteiger partial charge in [0, 0.05) is 37.2 Å². The van der Waals surface area contributed by atoms with Gasteiger partial charge in [-0.15, -0.1) is 0 Å². The SMILES string of the molecule is CN(c1cc(C(F)(F)F)nc(C(F)(F)F)c1)[C@H]1CC[C@@H](NC(=O)n2cccc2)CC1. The molecule has 0 aliphatic heterocycles. The minimum absolute atomic E-state index is 0.113. The lowest BCUT2D eigenvalue weighted by molar-refractivity contribution is -0.150. The van der Waals surface area contributed by atoms with Crippen LogP contribution in [0.4, 0.5) is 36.8 Å². The van der Waals surface area contributed by atoms with E-state index in [-0.39, 0.29) is 23.8 Å². The molecule has 0 spiro atoms. The first-order chi connectivity index (χ1) is 13.9. The summed E-state index contributed by atoms with van der Waals surface area (Å²) >= 11 is 0. The zero-order valence-corrected chi connectivity index (χ0v) is 16.0. The Kier molecular flexibility index (Phi) is 6.00. The van der Waals surface area contributed by atoms with Crippen LogP contribution in [0.3, 0.4) is 0 Å². The average Bonchev–Trinajstić information content (AvgIpc) is 3.21. The first-order valence-electron chi connectivity index (χ1n) is 9.28. The molecule has 2 aromatic rings. The first-order valence-corrected chi connectivity index (χ1v) is 9.28. The van der Waals surface area contributed by atoms with Gasteiger partial charge in [0.15, 0.2) is 0 Å². The molecule has 1 saturated carbocycles. The summed E-state index contributed by atoms with van der Waals surface area (Å²) in [6.45, 7) is 0. The Labute approximate surface area is 168 Å². The minimum Gasteiger partial charge on any atom is -0.371 e. The van der Waals surface area contributed by atoms with E-state index in [9.17, 15) is 31.1 Å². The van der Waals surface area contributed by atoms with Crippen molar-refractivity contribution in [3.05, 3.63) is 48.0 Å². The normalized spacial score (nSPS) is 20.1. The number of pyridine rings is 1. The summed E-state index contributed by atoms with van der Waals surface area (Å²) < 4.78 is 79.6. The quantitative estimate of drug-likeness (QED) is 0.698. The highest BCUT2D eigenvalue weighted by Crippen LogP contribution is 2.37. The predicted octanol–water partition coefficient (Wildman–Crippen LogP) is 4.93. The van der Waals surface area contributed by atoms with E-state index in [1.54, 1.807) is 24.5 Å². The van der Waals surface area contributed by atoms with Gasteiger partial charge in [-0.3, -0.25) is 4.57 Å². The van der Waals surface area contributed by atoms with E-state index in [1.807, 2.05) is 0 Å². The fraction of sp³-hybridized carbons (Fsp3) is 0.474. The monoisotopic (exact) mass is 434 g/mol. The number of nitrogens with one attached hydrogen (secondary N) is 1. The van der Waals surface area contributed by atoms with Crippen LogP contribution in [0.2, 0.25) is 0 Å². The Morgan fingerprint density at radius 2 is 1.50 bits per heavy atom. The van der Waals surface area contributed by atoms with Gasteiger partial charge in [-0.1, -0.05) is 0 Å². The van der Waals surface area contributed by atoms with Crippen molar-refractivity contribution in [1.29, 1.82) is 0 Å². The third-order valence-corrected chi connectivity index (χ3v) is 5.21. The molecule has 0 atom stereocenters. The number of rotatable bonds is 3. The second kappa shape index (κ2) is 8.19. The molecule has 30 heavy (non-hydrogen) atoms. The van der Waals surface area contributed by atoms with Crippen LogP contribution in [0.5, 0.6) is 0 Å². The smallest absolute Gasteiger partial charge is 0.371 e. The van der Waals surface area contributed by atoms with Crippen molar-refractivity contribution in [3.8, 4) is 0 Å². The largest absolute Gasteiger partial charge is 0.433 e. The molecular formula is C19H20F6N4O. The molecule has 5 nitrogen and oxygen atoms in total. The maximum absolute atomic E-state index is 13.0. The predicted molar refractivity (Wildman–Crippen MR) is 97.0 cm³/mol. The summed E-state index contributed by atoms with van der Waals surface area (Å²) in [4.78, 5) is 16.3. The number of hydrogen-bond acceptors (Lipinski definition) is 3. The minimum atomic E-state index is -4.99. The molecule has 1 aliphatic rings. The van der Waals surface area contributed by atoms with E-state index in [0.717, 1.165) is 0 Å². The first kappa shape index (κ1) is 22.0. The standard InChI is InChI=1S/C19H20F6N4O/c1-28(14-10-15(18(20,21)22)27-16(11-14)19(23,24)25)13-6-4-12(5-7-13)26-17(30)29-8-2-3-9-29/h2-3,8-13H,4-7H2,1H3,(H,26,30)/t12-,13+. The molecule has 2 heterocycles. The zero-order valence-electron chi connectivity index (χ0n) is 16.0. The van der Waals surface area contributed by atoms with Crippen molar-refractivity contribution >= 4 is 11.7 Å². The Bertz CT molecular complexity index is 838. The van der Waals surface area contributed by atoms with Crippen molar-refractivity contribution in [1.82, 2.24) is 14.9 Å². The van der Waals surface area contributed by atoms with E-state index in [2.05, 4.69) is 10.3 Å². The fourth-order valence-electron chi connectivity index (χ4n) is 3.55. The summed E-state index contributed by atoms with van der Waals surface area (Å²) in [6, 6.07) is 4.04. The number of aromatic nitrogens is 2. The molecule has 164 valence electrons. The number of hydrogen-bond donors (Lipinski definition) is 1. The van der Waals surface area contributed by atoms with Crippen LogP contribution in [0.15, 0.2) is 36.7 Å². The molecule has 3 rings (SSSR count). The van der Waals surface area contributed by atoms with Gasteiger partial charge >= 0.3 is 18.4 Å². The topological polar surface area (TPSA) is 50.2 Å². The maximum Gasteiger partial charge on any atom is 0.433 e. The summed E-state index contributed by atoms with van der Waals surface area (Å²) in [5.41, 5.74) is -3.34. The molecule has 0 aromatic carbocycles. The Morgan fingerprint density at radius 3 is 1.97 bits per heavy atom. The Balaban J connectivity index is 1.70. The molecule has 1 aliphatic carbocycles. The third kappa shape index (κ3) is 5.06. The molecule has 0 unspecified atom stereocenters. The molecular weight excluding hydrogens is 414 g/mol. The van der Waals surface area contributed by atoms with Crippen LogP contribution in [-0.4, -0.2) is 34.7 Å². The number of amides is 1. The Morgan fingerprint density at radius 1 is 1.00 bits per heavy atom. The highest BCUT2D eigenvalue weighted by molar-refractivity contribution is 5.77. The van der Waals surface area contributed by atoms with Gasteiger partial charge in [-0.05, 0) is 49.9 Å². The van der Waals surface area contributed by atoms with Crippen LogP contribution in [-0.2, 0) is 12.4 Å². The van der Waals surface area contributed by atoms with E-state index in [1.165, 1.54) is 16.5 Å². The second-order valence-electron chi connectivity index (χ2n) is 7.25. The number of anilines is 1.